The van der Waals surface area contributed by atoms with Gasteiger partial charge in [-0.15, -0.1) is 0 Å². The van der Waals surface area contributed by atoms with Crippen molar-refractivity contribution in [2.75, 3.05) is 33.4 Å². The molecule has 1 amide bonds. The van der Waals surface area contributed by atoms with Crippen LogP contribution in [0.4, 0.5) is 0 Å². The van der Waals surface area contributed by atoms with Crippen molar-refractivity contribution in [2.24, 2.45) is 5.92 Å². The van der Waals surface area contributed by atoms with Crippen LogP contribution in [0, 0.1) is 5.92 Å². The van der Waals surface area contributed by atoms with Crippen LogP contribution in [0.2, 0.25) is 5.02 Å². The van der Waals surface area contributed by atoms with Crippen LogP contribution in [0.3, 0.4) is 0 Å². The van der Waals surface area contributed by atoms with Gasteiger partial charge in [0.25, 0.3) is 0 Å². The molecule has 0 radical (unpaired) electrons. The number of rotatable bonds is 5. The lowest BCUT2D eigenvalue weighted by atomic mass is 9.85. The van der Waals surface area contributed by atoms with Gasteiger partial charge in [0.2, 0.25) is 5.91 Å². The molecular weight excluding hydrogens is 300 g/mol. The Morgan fingerprint density at radius 1 is 1.41 bits per heavy atom. The highest BCUT2D eigenvalue weighted by Gasteiger charge is 2.40. The van der Waals surface area contributed by atoms with Gasteiger partial charge in [-0.3, -0.25) is 9.69 Å². The van der Waals surface area contributed by atoms with Crippen molar-refractivity contribution in [1.82, 2.24) is 9.80 Å². The van der Waals surface area contributed by atoms with Crippen molar-refractivity contribution in [1.29, 1.82) is 0 Å². The van der Waals surface area contributed by atoms with Crippen LogP contribution in [-0.4, -0.2) is 55.1 Å². The number of hydrogen-bond donors (Lipinski definition) is 0. The zero-order valence-electron chi connectivity index (χ0n) is 13.0. The zero-order chi connectivity index (χ0) is 15.5. The van der Waals surface area contributed by atoms with Gasteiger partial charge >= 0.3 is 0 Å². The normalized spacial score (nSPS) is 25.5. The third-order valence-electron chi connectivity index (χ3n) is 4.74. The van der Waals surface area contributed by atoms with Gasteiger partial charge in [-0.2, -0.15) is 0 Å². The van der Waals surface area contributed by atoms with Gasteiger partial charge in [-0.1, -0.05) is 23.7 Å². The van der Waals surface area contributed by atoms with Gasteiger partial charge in [-0.05, 0) is 43.0 Å². The minimum Gasteiger partial charge on any atom is -0.383 e. The van der Waals surface area contributed by atoms with Gasteiger partial charge in [0.1, 0.15) is 0 Å². The lowest BCUT2D eigenvalue weighted by Crippen LogP contribution is -2.58. The second-order valence-electron chi connectivity index (χ2n) is 6.28. The first-order valence-electron chi connectivity index (χ1n) is 7.93. The molecule has 2 aliphatic rings. The van der Waals surface area contributed by atoms with E-state index in [4.69, 9.17) is 16.3 Å². The highest BCUT2D eigenvalue weighted by Crippen LogP contribution is 2.31. The first-order chi connectivity index (χ1) is 10.7. The van der Waals surface area contributed by atoms with E-state index in [1.54, 1.807) is 7.11 Å². The lowest BCUT2D eigenvalue weighted by molar-refractivity contribution is -0.146. The van der Waals surface area contributed by atoms with E-state index in [9.17, 15) is 4.79 Å². The largest absolute Gasteiger partial charge is 0.383 e. The number of carbonyl (C=O) groups excluding carboxylic acids is 1. The van der Waals surface area contributed by atoms with Crippen LogP contribution in [0.25, 0.3) is 0 Å². The fourth-order valence-electron chi connectivity index (χ4n) is 3.58. The third kappa shape index (κ3) is 3.45. The minimum absolute atomic E-state index is 0.0170. The SMILES string of the molecule is COCCN1C[C@H]2CCN(Cc3cccc(Cl)c3)[C@H](C2)C1=O. The standard InChI is InChI=1S/C17H23ClN2O2/c1-22-8-7-20-12-14-5-6-19(16(10-14)17(20)21)11-13-3-2-4-15(18)9-13/h2-4,9,14,16H,5-8,10-12H2,1H3/t14-,16+/m0/s1. The maximum absolute atomic E-state index is 12.7. The molecule has 2 heterocycles. The fourth-order valence-corrected chi connectivity index (χ4v) is 3.80. The summed E-state index contributed by atoms with van der Waals surface area (Å²) in [5, 5.41) is 0.754. The van der Waals surface area contributed by atoms with Crippen molar-refractivity contribution < 1.29 is 9.53 Å². The number of likely N-dealkylation sites (tertiary alicyclic amines) is 2. The van der Waals surface area contributed by atoms with E-state index < -0.39 is 0 Å². The van der Waals surface area contributed by atoms with Crippen LogP contribution in [0.1, 0.15) is 18.4 Å². The monoisotopic (exact) mass is 322 g/mol. The van der Waals surface area contributed by atoms with Gasteiger partial charge < -0.3 is 9.64 Å². The molecular formula is C17H23ClN2O2. The van der Waals surface area contributed by atoms with Gasteiger partial charge in [0.15, 0.2) is 0 Å². The Morgan fingerprint density at radius 2 is 2.27 bits per heavy atom. The van der Waals surface area contributed by atoms with Crippen LogP contribution in [-0.2, 0) is 16.1 Å². The highest BCUT2D eigenvalue weighted by molar-refractivity contribution is 6.30. The molecule has 0 aliphatic carbocycles. The molecule has 2 bridgehead atoms. The topological polar surface area (TPSA) is 32.8 Å². The van der Waals surface area contributed by atoms with E-state index >= 15 is 0 Å². The van der Waals surface area contributed by atoms with Crippen LogP contribution >= 0.6 is 11.6 Å². The molecule has 1 aromatic rings. The predicted molar refractivity (Wildman–Crippen MR) is 86.8 cm³/mol. The van der Waals surface area contributed by atoms with Gasteiger partial charge in [0, 0.05) is 31.8 Å². The molecule has 0 spiro atoms. The highest BCUT2D eigenvalue weighted by atomic mass is 35.5. The zero-order valence-corrected chi connectivity index (χ0v) is 13.8. The molecule has 5 heteroatoms. The maximum atomic E-state index is 12.7. The van der Waals surface area contributed by atoms with E-state index in [1.165, 1.54) is 5.56 Å². The molecule has 2 aliphatic heterocycles. The number of amides is 1. The molecule has 0 unspecified atom stereocenters. The second-order valence-corrected chi connectivity index (χ2v) is 6.72. The fraction of sp³-hybridized carbons (Fsp3) is 0.588. The van der Waals surface area contributed by atoms with Crippen LogP contribution in [0.15, 0.2) is 24.3 Å². The number of piperidine rings is 2. The number of nitrogens with zero attached hydrogens (tertiary/aromatic N) is 2. The van der Waals surface area contributed by atoms with Gasteiger partial charge in [0.05, 0.1) is 12.6 Å². The summed E-state index contributed by atoms with van der Waals surface area (Å²) in [6.07, 6.45) is 2.15. The average Bonchev–Trinajstić information content (AvgIpc) is 2.51. The molecule has 2 fully saturated rings. The molecule has 0 saturated carbocycles. The van der Waals surface area contributed by atoms with Crippen molar-refractivity contribution in [3.63, 3.8) is 0 Å². The Balaban J connectivity index is 1.69. The molecule has 22 heavy (non-hydrogen) atoms. The van der Waals surface area contributed by atoms with E-state index in [0.29, 0.717) is 19.1 Å². The minimum atomic E-state index is 0.0170. The molecule has 120 valence electrons. The molecule has 2 saturated heterocycles. The smallest absolute Gasteiger partial charge is 0.240 e. The van der Waals surface area contributed by atoms with E-state index in [1.807, 2.05) is 23.1 Å². The van der Waals surface area contributed by atoms with E-state index in [2.05, 4.69) is 11.0 Å². The summed E-state index contributed by atoms with van der Waals surface area (Å²) in [6, 6.07) is 7.94. The summed E-state index contributed by atoms with van der Waals surface area (Å²) in [6.45, 7) is 3.99. The van der Waals surface area contributed by atoms with E-state index in [-0.39, 0.29) is 11.9 Å². The number of halogens is 1. The van der Waals surface area contributed by atoms with E-state index in [0.717, 1.165) is 37.5 Å². The molecule has 0 N–H and O–H groups in total. The third-order valence-corrected chi connectivity index (χ3v) is 4.97. The first-order valence-corrected chi connectivity index (χ1v) is 8.31. The number of ether oxygens (including phenoxy) is 1. The average molecular weight is 323 g/mol. The summed E-state index contributed by atoms with van der Waals surface area (Å²) in [5.41, 5.74) is 1.17. The molecule has 3 rings (SSSR count). The van der Waals surface area contributed by atoms with Crippen molar-refractivity contribution >= 4 is 17.5 Å². The summed E-state index contributed by atoms with van der Waals surface area (Å²) in [7, 11) is 1.68. The quantitative estimate of drug-likeness (QED) is 0.834. The Bertz CT molecular complexity index is 537. The summed E-state index contributed by atoms with van der Waals surface area (Å²) >= 11 is 6.07. The Morgan fingerprint density at radius 3 is 3.05 bits per heavy atom. The molecule has 2 atom stereocenters. The van der Waals surface area contributed by atoms with Crippen LogP contribution < -0.4 is 0 Å². The first kappa shape index (κ1) is 15.8. The van der Waals surface area contributed by atoms with Crippen molar-refractivity contribution in [3.8, 4) is 0 Å². The van der Waals surface area contributed by atoms with Crippen molar-refractivity contribution in [2.45, 2.75) is 25.4 Å². The number of fused-ring (bicyclic) bond motifs is 2. The Labute approximate surface area is 137 Å². The summed E-state index contributed by atoms with van der Waals surface area (Å²) in [4.78, 5) is 17.0. The summed E-state index contributed by atoms with van der Waals surface area (Å²) in [5.74, 6) is 0.894. The summed E-state index contributed by atoms with van der Waals surface area (Å²) < 4.78 is 5.13. The number of methoxy groups -OCH3 is 1. The maximum Gasteiger partial charge on any atom is 0.240 e. The van der Waals surface area contributed by atoms with Crippen molar-refractivity contribution in [3.05, 3.63) is 34.9 Å². The second kappa shape index (κ2) is 6.99. The molecule has 4 nitrogen and oxygen atoms in total. The van der Waals surface area contributed by atoms with Crippen LogP contribution in [0.5, 0.6) is 0 Å². The lowest BCUT2D eigenvalue weighted by Gasteiger charge is -2.46. The number of benzene rings is 1. The molecule has 0 aromatic heterocycles. The predicted octanol–water partition coefficient (Wildman–Crippen LogP) is 2.41. The Hall–Kier alpha value is -1.10. The number of hydrogen-bond acceptors (Lipinski definition) is 3. The Kier molecular flexibility index (Phi) is 5.01. The number of carbonyl (C=O) groups is 1. The molecule has 1 aromatic carbocycles. The van der Waals surface area contributed by atoms with Gasteiger partial charge in [-0.25, -0.2) is 0 Å².